The van der Waals surface area contributed by atoms with Crippen LogP contribution in [0.15, 0.2) is 24.3 Å². The van der Waals surface area contributed by atoms with Gasteiger partial charge >= 0.3 is 0 Å². The Labute approximate surface area is 120 Å². The number of benzene rings is 1. The Morgan fingerprint density at radius 2 is 2.25 bits per heavy atom. The Hall–Kier alpha value is -1.39. The number of nitrogens with one attached hydrogen (secondary N) is 1. The maximum atomic E-state index is 11.1. The largest absolute Gasteiger partial charge is 0.393 e. The Morgan fingerprint density at radius 1 is 1.45 bits per heavy atom. The summed E-state index contributed by atoms with van der Waals surface area (Å²) in [6, 6.07) is 7.92. The topological polar surface area (TPSA) is 52.6 Å². The van der Waals surface area contributed by atoms with E-state index in [4.69, 9.17) is 0 Å². The van der Waals surface area contributed by atoms with Crippen molar-refractivity contribution in [2.24, 2.45) is 5.92 Å². The molecule has 1 saturated carbocycles. The van der Waals surface area contributed by atoms with E-state index >= 15 is 0 Å². The van der Waals surface area contributed by atoms with E-state index in [0.717, 1.165) is 38.0 Å². The summed E-state index contributed by atoms with van der Waals surface area (Å²) in [7, 11) is 2.08. The van der Waals surface area contributed by atoms with Gasteiger partial charge in [-0.25, -0.2) is 0 Å². The molecule has 2 unspecified atom stereocenters. The highest BCUT2D eigenvalue weighted by Gasteiger charge is 2.25. The number of carbonyl (C=O) groups is 1. The molecule has 0 aliphatic heterocycles. The van der Waals surface area contributed by atoms with Gasteiger partial charge in [-0.3, -0.25) is 4.79 Å². The minimum atomic E-state index is -0.136. The molecule has 4 heteroatoms. The lowest BCUT2D eigenvalue weighted by molar-refractivity contribution is -0.114. The third kappa shape index (κ3) is 4.32. The number of amides is 1. The first kappa shape index (κ1) is 15.0. The maximum Gasteiger partial charge on any atom is 0.221 e. The van der Waals surface area contributed by atoms with Crippen LogP contribution in [0, 0.1) is 5.92 Å². The van der Waals surface area contributed by atoms with Crippen molar-refractivity contribution in [2.45, 2.75) is 38.8 Å². The summed E-state index contributed by atoms with van der Waals surface area (Å²) in [5.74, 6) is 0.350. The number of nitrogens with zero attached hydrogens (tertiary/aromatic N) is 1. The average molecular weight is 276 g/mol. The van der Waals surface area contributed by atoms with Crippen LogP contribution < -0.4 is 5.32 Å². The standard InChI is InChI=1S/C16H24N2O2/c1-12(19)17-15-7-3-5-13(9-15)10-18(2)11-14-6-4-8-16(14)20/h3,5,7,9,14,16,20H,4,6,8,10-11H2,1-2H3,(H,17,19). The van der Waals surface area contributed by atoms with Crippen molar-refractivity contribution in [1.29, 1.82) is 0 Å². The van der Waals surface area contributed by atoms with Crippen molar-refractivity contribution >= 4 is 11.6 Å². The van der Waals surface area contributed by atoms with E-state index in [1.807, 2.05) is 18.2 Å². The number of hydrogen-bond acceptors (Lipinski definition) is 3. The van der Waals surface area contributed by atoms with Crippen LogP contribution in [-0.2, 0) is 11.3 Å². The number of anilines is 1. The number of rotatable bonds is 5. The maximum absolute atomic E-state index is 11.1. The van der Waals surface area contributed by atoms with Crippen LogP contribution >= 0.6 is 0 Å². The van der Waals surface area contributed by atoms with Gasteiger partial charge in [0.05, 0.1) is 6.10 Å². The molecular formula is C16H24N2O2. The second kappa shape index (κ2) is 6.86. The minimum Gasteiger partial charge on any atom is -0.393 e. The molecule has 0 radical (unpaired) electrons. The van der Waals surface area contributed by atoms with Crippen LogP contribution in [0.4, 0.5) is 5.69 Å². The molecule has 1 aromatic rings. The van der Waals surface area contributed by atoms with E-state index in [2.05, 4.69) is 23.3 Å². The first-order valence-corrected chi connectivity index (χ1v) is 7.27. The van der Waals surface area contributed by atoms with Gasteiger partial charge in [-0.05, 0) is 43.5 Å². The second-order valence-electron chi connectivity index (χ2n) is 5.84. The van der Waals surface area contributed by atoms with Crippen LogP contribution in [0.3, 0.4) is 0 Å². The van der Waals surface area contributed by atoms with Gasteiger partial charge < -0.3 is 15.3 Å². The van der Waals surface area contributed by atoms with E-state index in [-0.39, 0.29) is 12.0 Å². The molecule has 20 heavy (non-hydrogen) atoms. The normalized spacial score (nSPS) is 22.2. The van der Waals surface area contributed by atoms with Crippen LogP contribution in [0.2, 0.25) is 0 Å². The van der Waals surface area contributed by atoms with Crippen LogP contribution in [0.1, 0.15) is 31.7 Å². The molecule has 0 saturated heterocycles. The smallest absolute Gasteiger partial charge is 0.221 e. The lowest BCUT2D eigenvalue weighted by Gasteiger charge is -2.23. The lowest BCUT2D eigenvalue weighted by Crippen LogP contribution is -2.29. The molecule has 1 aliphatic carbocycles. The van der Waals surface area contributed by atoms with Crippen LogP contribution in [-0.4, -0.2) is 35.6 Å². The van der Waals surface area contributed by atoms with E-state index in [9.17, 15) is 9.90 Å². The predicted molar refractivity (Wildman–Crippen MR) is 80.4 cm³/mol. The molecular weight excluding hydrogens is 252 g/mol. The number of hydrogen-bond donors (Lipinski definition) is 2. The zero-order valence-corrected chi connectivity index (χ0v) is 12.3. The number of aliphatic hydroxyl groups is 1. The zero-order chi connectivity index (χ0) is 14.5. The third-order valence-corrected chi connectivity index (χ3v) is 3.86. The highest BCUT2D eigenvalue weighted by Crippen LogP contribution is 2.26. The highest BCUT2D eigenvalue weighted by atomic mass is 16.3. The molecule has 1 fully saturated rings. The molecule has 2 rings (SSSR count). The monoisotopic (exact) mass is 276 g/mol. The average Bonchev–Trinajstić information content (AvgIpc) is 2.74. The van der Waals surface area contributed by atoms with Gasteiger partial charge in [-0.15, -0.1) is 0 Å². The number of aliphatic hydroxyl groups excluding tert-OH is 1. The lowest BCUT2D eigenvalue weighted by atomic mass is 10.1. The second-order valence-corrected chi connectivity index (χ2v) is 5.84. The van der Waals surface area contributed by atoms with Crippen LogP contribution in [0.25, 0.3) is 0 Å². The molecule has 4 nitrogen and oxygen atoms in total. The first-order chi connectivity index (χ1) is 9.54. The van der Waals surface area contributed by atoms with Gasteiger partial charge in [0.1, 0.15) is 0 Å². The molecule has 0 aromatic heterocycles. The van der Waals surface area contributed by atoms with Crippen molar-refractivity contribution in [3.05, 3.63) is 29.8 Å². The zero-order valence-electron chi connectivity index (χ0n) is 12.3. The summed E-state index contributed by atoms with van der Waals surface area (Å²) in [4.78, 5) is 13.3. The summed E-state index contributed by atoms with van der Waals surface area (Å²) in [6.45, 7) is 3.27. The predicted octanol–water partition coefficient (Wildman–Crippen LogP) is 2.24. The van der Waals surface area contributed by atoms with Gasteiger partial charge in [-0.1, -0.05) is 18.6 Å². The molecule has 2 atom stereocenters. The summed E-state index contributed by atoms with van der Waals surface area (Å²) in [5.41, 5.74) is 2.01. The molecule has 1 aromatic carbocycles. The van der Waals surface area contributed by atoms with Crippen molar-refractivity contribution in [1.82, 2.24) is 4.90 Å². The van der Waals surface area contributed by atoms with E-state index in [1.54, 1.807) is 0 Å². The van der Waals surface area contributed by atoms with Gasteiger partial charge in [0.2, 0.25) is 5.91 Å². The first-order valence-electron chi connectivity index (χ1n) is 7.27. The highest BCUT2D eigenvalue weighted by molar-refractivity contribution is 5.88. The van der Waals surface area contributed by atoms with Gasteiger partial charge in [-0.2, -0.15) is 0 Å². The quantitative estimate of drug-likeness (QED) is 0.867. The molecule has 1 aliphatic rings. The van der Waals surface area contributed by atoms with Crippen molar-refractivity contribution in [3.8, 4) is 0 Å². The fraction of sp³-hybridized carbons (Fsp3) is 0.562. The Balaban J connectivity index is 1.90. The molecule has 110 valence electrons. The van der Waals surface area contributed by atoms with Gasteiger partial charge in [0, 0.05) is 25.7 Å². The summed E-state index contributed by atoms with van der Waals surface area (Å²) >= 11 is 0. The molecule has 2 N–H and O–H groups in total. The van der Waals surface area contributed by atoms with E-state index in [1.165, 1.54) is 12.5 Å². The Kier molecular flexibility index (Phi) is 5.15. The summed E-state index contributed by atoms with van der Waals surface area (Å²) in [6.07, 6.45) is 3.06. The van der Waals surface area contributed by atoms with Gasteiger partial charge in [0.15, 0.2) is 0 Å². The fourth-order valence-corrected chi connectivity index (χ4v) is 2.96. The van der Waals surface area contributed by atoms with E-state index < -0.39 is 0 Å². The summed E-state index contributed by atoms with van der Waals surface area (Å²) in [5, 5.41) is 12.7. The molecule has 0 bridgehead atoms. The minimum absolute atomic E-state index is 0.0513. The molecule has 0 spiro atoms. The van der Waals surface area contributed by atoms with Crippen molar-refractivity contribution in [2.75, 3.05) is 18.9 Å². The van der Waals surface area contributed by atoms with Crippen molar-refractivity contribution in [3.63, 3.8) is 0 Å². The van der Waals surface area contributed by atoms with Crippen molar-refractivity contribution < 1.29 is 9.90 Å². The Bertz CT molecular complexity index is 462. The number of carbonyl (C=O) groups excluding carboxylic acids is 1. The molecule has 0 heterocycles. The third-order valence-electron chi connectivity index (χ3n) is 3.86. The fourth-order valence-electron chi connectivity index (χ4n) is 2.96. The van der Waals surface area contributed by atoms with Gasteiger partial charge in [0.25, 0.3) is 0 Å². The SMILES string of the molecule is CC(=O)Nc1cccc(CN(C)CC2CCCC2O)c1. The summed E-state index contributed by atoms with van der Waals surface area (Å²) < 4.78 is 0. The molecule has 1 amide bonds. The van der Waals surface area contributed by atoms with E-state index in [0.29, 0.717) is 5.92 Å². The van der Waals surface area contributed by atoms with Crippen LogP contribution in [0.5, 0.6) is 0 Å². The Morgan fingerprint density at radius 3 is 2.90 bits per heavy atom.